The number of hydrogen-bond donors (Lipinski definition) is 2. The van der Waals surface area contributed by atoms with Gasteiger partial charge in [0.1, 0.15) is 0 Å². The highest BCUT2D eigenvalue weighted by molar-refractivity contribution is 6.33. The Balaban J connectivity index is 2.56. The summed E-state index contributed by atoms with van der Waals surface area (Å²) in [5, 5.41) is 16.8. The maximum absolute atomic E-state index is 10.2. The van der Waals surface area contributed by atoms with E-state index in [4.69, 9.17) is 10.8 Å². The molecule has 0 unspecified atom stereocenters. The summed E-state index contributed by atoms with van der Waals surface area (Å²) in [5.74, 6) is -1.67. The lowest BCUT2D eigenvalue weighted by Crippen LogP contribution is -2.26. The first-order valence-corrected chi connectivity index (χ1v) is 3.07. The summed E-state index contributed by atoms with van der Waals surface area (Å²) in [7, 11) is 0. The standard InChI is InChI=1S/C5H8N4O2/c6-4(5(10)11)8-9-3-1-2-7-9/h2H,1,3H2,(H2,6,8)(H,10,11). The number of rotatable bonds is 1. The second-order valence-corrected chi connectivity index (χ2v) is 1.97. The van der Waals surface area contributed by atoms with Gasteiger partial charge in [0.2, 0.25) is 5.84 Å². The van der Waals surface area contributed by atoms with Crippen molar-refractivity contribution in [1.82, 2.24) is 5.12 Å². The van der Waals surface area contributed by atoms with Gasteiger partial charge in [-0.2, -0.15) is 10.2 Å². The lowest BCUT2D eigenvalue weighted by atomic mass is 10.5. The summed E-state index contributed by atoms with van der Waals surface area (Å²) in [6.45, 7) is 0.591. The van der Waals surface area contributed by atoms with E-state index in [0.717, 1.165) is 6.42 Å². The molecule has 60 valence electrons. The van der Waals surface area contributed by atoms with Crippen LogP contribution in [-0.4, -0.2) is 34.8 Å². The Morgan fingerprint density at radius 1 is 1.82 bits per heavy atom. The van der Waals surface area contributed by atoms with Crippen molar-refractivity contribution in [3.8, 4) is 0 Å². The summed E-state index contributed by atoms with van der Waals surface area (Å²) in [5.41, 5.74) is 5.03. The van der Waals surface area contributed by atoms with Crippen LogP contribution in [0.1, 0.15) is 6.42 Å². The first-order chi connectivity index (χ1) is 5.20. The topological polar surface area (TPSA) is 91.3 Å². The number of hydrazone groups is 2. The monoisotopic (exact) mass is 156 g/mol. The zero-order chi connectivity index (χ0) is 8.27. The SMILES string of the molecule is N/C(=N\N1CCC=N1)C(=O)O. The van der Waals surface area contributed by atoms with Gasteiger partial charge < -0.3 is 10.8 Å². The Hall–Kier alpha value is -1.59. The molecule has 0 saturated heterocycles. The Labute approximate surface area is 63.0 Å². The minimum absolute atomic E-state index is 0.441. The normalized spacial score (nSPS) is 17.5. The van der Waals surface area contributed by atoms with Crippen molar-refractivity contribution in [3.63, 3.8) is 0 Å². The van der Waals surface area contributed by atoms with Crippen LogP contribution in [0.2, 0.25) is 0 Å². The van der Waals surface area contributed by atoms with Gasteiger partial charge in [-0.25, -0.2) is 4.79 Å². The third kappa shape index (κ3) is 1.92. The maximum atomic E-state index is 10.2. The predicted molar refractivity (Wildman–Crippen MR) is 39.1 cm³/mol. The van der Waals surface area contributed by atoms with Crippen molar-refractivity contribution >= 4 is 18.0 Å². The van der Waals surface area contributed by atoms with Crippen LogP contribution in [-0.2, 0) is 4.79 Å². The number of carboxylic acid groups (broad SMARTS) is 1. The van der Waals surface area contributed by atoms with Gasteiger partial charge in [-0.1, -0.05) is 0 Å². The molecule has 1 heterocycles. The van der Waals surface area contributed by atoms with E-state index < -0.39 is 11.8 Å². The fourth-order valence-corrected chi connectivity index (χ4v) is 0.626. The molecular formula is C5H8N4O2. The van der Waals surface area contributed by atoms with E-state index in [1.54, 1.807) is 6.21 Å². The average Bonchev–Trinajstić information content (AvgIpc) is 2.39. The molecule has 0 aromatic heterocycles. The fourth-order valence-electron chi connectivity index (χ4n) is 0.626. The third-order valence-electron chi connectivity index (χ3n) is 1.12. The van der Waals surface area contributed by atoms with Crippen molar-refractivity contribution in [1.29, 1.82) is 0 Å². The van der Waals surface area contributed by atoms with Crippen molar-refractivity contribution in [2.75, 3.05) is 6.54 Å². The van der Waals surface area contributed by atoms with E-state index in [2.05, 4.69) is 10.2 Å². The maximum Gasteiger partial charge on any atom is 0.373 e. The van der Waals surface area contributed by atoms with Crippen LogP contribution in [0.5, 0.6) is 0 Å². The van der Waals surface area contributed by atoms with Gasteiger partial charge in [0.05, 0.1) is 6.54 Å². The summed E-state index contributed by atoms with van der Waals surface area (Å²) < 4.78 is 0. The highest BCUT2D eigenvalue weighted by atomic mass is 16.4. The molecule has 0 aliphatic carbocycles. The summed E-state index contributed by atoms with van der Waals surface area (Å²) in [4.78, 5) is 10.2. The minimum Gasteiger partial charge on any atom is -0.475 e. The van der Waals surface area contributed by atoms with Gasteiger partial charge in [0, 0.05) is 12.6 Å². The number of amidine groups is 1. The minimum atomic E-state index is -1.23. The van der Waals surface area contributed by atoms with Crippen LogP contribution < -0.4 is 5.73 Å². The molecule has 0 aromatic rings. The van der Waals surface area contributed by atoms with Gasteiger partial charge in [0.15, 0.2) is 0 Å². The molecule has 0 atom stereocenters. The number of nitrogens with two attached hydrogens (primary N) is 1. The van der Waals surface area contributed by atoms with Crippen LogP contribution in [0.3, 0.4) is 0 Å². The predicted octanol–water partition coefficient (Wildman–Crippen LogP) is -0.965. The fraction of sp³-hybridized carbons (Fsp3) is 0.400. The first-order valence-electron chi connectivity index (χ1n) is 3.07. The Morgan fingerprint density at radius 3 is 3.00 bits per heavy atom. The summed E-state index contributed by atoms with van der Waals surface area (Å²) in [6, 6.07) is 0. The number of hydrogen-bond acceptors (Lipinski definition) is 4. The van der Waals surface area contributed by atoms with Gasteiger partial charge >= 0.3 is 5.97 Å². The largest absolute Gasteiger partial charge is 0.475 e. The number of nitrogens with zero attached hydrogens (tertiary/aromatic N) is 3. The third-order valence-corrected chi connectivity index (χ3v) is 1.12. The van der Waals surface area contributed by atoms with Gasteiger partial charge in [-0.05, 0) is 0 Å². The van der Waals surface area contributed by atoms with Crippen LogP contribution in [0.15, 0.2) is 10.2 Å². The molecule has 6 heteroatoms. The van der Waals surface area contributed by atoms with Crippen molar-refractivity contribution in [3.05, 3.63) is 0 Å². The molecule has 0 amide bonds. The van der Waals surface area contributed by atoms with Crippen LogP contribution >= 0.6 is 0 Å². The smallest absolute Gasteiger partial charge is 0.373 e. The van der Waals surface area contributed by atoms with Gasteiger partial charge in [-0.15, -0.1) is 5.10 Å². The number of aliphatic carboxylic acids is 1. The van der Waals surface area contributed by atoms with Crippen LogP contribution in [0.25, 0.3) is 0 Å². The Kier molecular flexibility index (Phi) is 2.05. The second-order valence-electron chi connectivity index (χ2n) is 1.97. The molecule has 0 spiro atoms. The molecule has 0 aromatic carbocycles. The lowest BCUT2D eigenvalue weighted by molar-refractivity contribution is -0.129. The molecule has 0 fully saturated rings. The Bertz CT molecular complexity index is 223. The number of carboxylic acids is 1. The average molecular weight is 156 g/mol. The van der Waals surface area contributed by atoms with Gasteiger partial charge in [-0.3, -0.25) is 0 Å². The highest BCUT2D eigenvalue weighted by Crippen LogP contribution is 1.98. The molecule has 6 nitrogen and oxygen atoms in total. The van der Waals surface area contributed by atoms with Crippen molar-refractivity contribution in [2.45, 2.75) is 6.42 Å². The molecule has 0 bridgehead atoms. The summed E-state index contributed by atoms with van der Waals surface area (Å²) in [6.07, 6.45) is 2.43. The molecular weight excluding hydrogens is 148 g/mol. The van der Waals surface area contributed by atoms with E-state index in [9.17, 15) is 4.79 Å². The zero-order valence-corrected chi connectivity index (χ0v) is 5.77. The molecule has 1 aliphatic rings. The zero-order valence-electron chi connectivity index (χ0n) is 5.77. The van der Waals surface area contributed by atoms with E-state index in [-0.39, 0.29) is 0 Å². The lowest BCUT2D eigenvalue weighted by Gasteiger charge is -2.04. The number of carbonyl (C=O) groups is 1. The Morgan fingerprint density at radius 2 is 2.55 bits per heavy atom. The molecule has 1 aliphatic heterocycles. The molecule has 0 radical (unpaired) electrons. The first kappa shape index (κ1) is 7.52. The molecule has 3 N–H and O–H groups in total. The van der Waals surface area contributed by atoms with E-state index >= 15 is 0 Å². The highest BCUT2D eigenvalue weighted by Gasteiger charge is 2.08. The van der Waals surface area contributed by atoms with E-state index in [0.29, 0.717) is 6.54 Å². The summed E-state index contributed by atoms with van der Waals surface area (Å²) >= 11 is 0. The second kappa shape index (κ2) is 3.00. The molecule has 1 rings (SSSR count). The van der Waals surface area contributed by atoms with Crippen LogP contribution in [0.4, 0.5) is 0 Å². The van der Waals surface area contributed by atoms with E-state index in [1.165, 1.54) is 5.12 Å². The van der Waals surface area contributed by atoms with Crippen LogP contribution in [0, 0.1) is 0 Å². The van der Waals surface area contributed by atoms with Crippen molar-refractivity contribution < 1.29 is 9.90 Å². The van der Waals surface area contributed by atoms with Crippen molar-refractivity contribution in [2.24, 2.45) is 15.9 Å². The molecule has 0 saturated carbocycles. The van der Waals surface area contributed by atoms with Gasteiger partial charge in [0.25, 0.3) is 0 Å². The van der Waals surface area contributed by atoms with E-state index in [1.807, 2.05) is 0 Å². The quantitative estimate of drug-likeness (QED) is 0.377. The molecule has 11 heavy (non-hydrogen) atoms.